The smallest absolute Gasteiger partial charge is 0.416 e. The first-order valence-corrected chi connectivity index (χ1v) is 4.16. The summed E-state index contributed by atoms with van der Waals surface area (Å²) in [6.45, 7) is 1.64. The predicted octanol–water partition coefficient (Wildman–Crippen LogP) is 2.59. The van der Waals surface area contributed by atoms with E-state index in [1.165, 1.54) is 14.2 Å². The van der Waals surface area contributed by atoms with Crippen LogP contribution in [0.1, 0.15) is 13.3 Å². The fourth-order valence-electron chi connectivity index (χ4n) is 0.851. The van der Waals surface area contributed by atoms with Gasteiger partial charge in [0.25, 0.3) is 0 Å². The molecule has 0 aliphatic rings. The summed E-state index contributed by atoms with van der Waals surface area (Å²) in [6.07, 6.45) is -1.97. The van der Waals surface area contributed by atoms with Crippen LogP contribution in [0.2, 0.25) is 0 Å². The topological polar surface area (TPSA) is 21.3 Å². The lowest BCUT2D eigenvalue weighted by atomic mass is 10.2. The SMILES string of the molecule is CC/C=C(\C=C(/NC)OC)C(F)(F)F. The number of hydrogen-bond acceptors (Lipinski definition) is 2. The largest absolute Gasteiger partial charge is 0.483 e. The van der Waals surface area contributed by atoms with Crippen LogP contribution in [0.15, 0.2) is 23.6 Å². The van der Waals surface area contributed by atoms with Crippen molar-refractivity contribution in [2.24, 2.45) is 0 Å². The molecule has 0 saturated heterocycles. The Morgan fingerprint density at radius 3 is 2.29 bits per heavy atom. The number of nitrogens with one attached hydrogen (secondary N) is 1. The molecule has 0 bridgehead atoms. The average Bonchev–Trinajstić information content (AvgIpc) is 2.10. The zero-order chi connectivity index (χ0) is 11.2. The van der Waals surface area contributed by atoms with Gasteiger partial charge >= 0.3 is 6.18 Å². The molecule has 0 radical (unpaired) electrons. The van der Waals surface area contributed by atoms with Crippen LogP contribution in [0.5, 0.6) is 0 Å². The fourth-order valence-corrected chi connectivity index (χ4v) is 0.851. The van der Waals surface area contributed by atoms with E-state index < -0.39 is 11.7 Å². The van der Waals surface area contributed by atoms with Crippen molar-refractivity contribution in [1.82, 2.24) is 5.32 Å². The number of allylic oxidation sites excluding steroid dienone is 3. The molecule has 0 unspecified atom stereocenters. The van der Waals surface area contributed by atoms with Crippen molar-refractivity contribution >= 4 is 0 Å². The van der Waals surface area contributed by atoms with Crippen molar-refractivity contribution in [3.63, 3.8) is 0 Å². The third-order valence-electron chi connectivity index (χ3n) is 1.50. The Hall–Kier alpha value is -1.13. The summed E-state index contributed by atoms with van der Waals surface area (Å²) in [4.78, 5) is 0. The minimum atomic E-state index is -4.34. The van der Waals surface area contributed by atoms with E-state index >= 15 is 0 Å². The molecule has 5 heteroatoms. The van der Waals surface area contributed by atoms with E-state index in [2.05, 4.69) is 10.1 Å². The van der Waals surface area contributed by atoms with E-state index in [4.69, 9.17) is 0 Å². The number of ether oxygens (including phenoxy) is 1. The number of alkyl halides is 3. The van der Waals surface area contributed by atoms with Crippen LogP contribution in [0.4, 0.5) is 13.2 Å². The van der Waals surface area contributed by atoms with Crippen LogP contribution in [0.25, 0.3) is 0 Å². The van der Waals surface area contributed by atoms with E-state index in [0.29, 0.717) is 6.42 Å². The Bertz CT molecular complexity index is 225. The molecule has 82 valence electrons. The molecule has 0 amide bonds. The van der Waals surface area contributed by atoms with Gasteiger partial charge in [0.2, 0.25) is 0 Å². The highest BCUT2D eigenvalue weighted by Gasteiger charge is 2.32. The first-order valence-electron chi connectivity index (χ1n) is 4.16. The zero-order valence-electron chi connectivity index (χ0n) is 8.40. The lowest BCUT2D eigenvalue weighted by Gasteiger charge is -2.10. The molecule has 0 fully saturated rings. The van der Waals surface area contributed by atoms with Gasteiger partial charge in [0, 0.05) is 13.1 Å². The number of hydrogen-bond donors (Lipinski definition) is 1. The Morgan fingerprint density at radius 1 is 1.43 bits per heavy atom. The molecule has 0 aliphatic carbocycles. The van der Waals surface area contributed by atoms with Gasteiger partial charge in [-0.1, -0.05) is 13.0 Å². The lowest BCUT2D eigenvalue weighted by Crippen LogP contribution is -2.14. The molecule has 0 aliphatic heterocycles. The minimum absolute atomic E-state index is 0.0852. The molecule has 0 heterocycles. The molecule has 2 nitrogen and oxygen atoms in total. The van der Waals surface area contributed by atoms with Crippen LogP contribution in [-0.4, -0.2) is 20.3 Å². The summed E-state index contributed by atoms with van der Waals surface area (Å²) in [6, 6.07) is 0. The molecule has 0 aromatic heterocycles. The molecule has 0 atom stereocenters. The molecule has 1 N–H and O–H groups in total. The van der Waals surface area contributed by atoms with Crippen molar-refractivity contribution in [2.75, 3.05) is 14.2 Å². The summed E-state index contributed by atoms with van der Waals surface area (Å²) >= 11 is 0. The predicted molar refractivity (Wildman–Crippen MR) is 48.6 cm³/mol. The molecular weight excluding hydrogens is 195 g/mol. The van der Waals surface area contributed by atoms with Crippen LogP contribution in [0.3, 0.4) is 0 Å². The summed E-state index contributed by atoms with van der Waals surface area (Å²) in [7, 11) is 2.80. The molecule has 0 saturated carbocycles. The van der Waals surface area contributed by atoms with E-state index in [1.54, 1.807) is 6.92 Å². The van der Waals surface area contributed by atoms with Gasteiger partial charge in [-0.15, -0.1) is 0 Å². The first-order chi connectivity index (χ1) is 6.45. The summed E-state index contributed by atoms with van der Waals surface area (Å²) < 4.78 is 41.7. The van der Waals surface area contributed by atoms with Gasteiger partial charge in [-0.3, -0.25) is 0 Å². The van der Waals surface area contributed by atoms with Gasteiger partial charge in [0.15, 0.2) is 5.88 Å². The maximum absolute atomic E-state index is 12.3. The Balaban J connectivity index is 4.87. The third kappa shape index (κ3) is 4.20. The summed E-state index contributed by atoms with van der Waals surface area (Å²) in [5, 5.41) is 2.51. The van der Waals surface area contributed by atoms with Crippen molar-refractivity contribution < 1.29 is 17.9 Å². The van der Waals surface area contributed by atoms with Crippen LogP contribution in [-0.2, 0) is 4.74 Å². The van der Waals surface area contributed by atoms with E-state index in [1.807, 2.05) is 0 Å². The maximum atomic E-state index is 12.3. The minimum Gasteiger partial charge on any atom is -0.483 e. The van der Waals surface area contributed by atoms with Gasteiger partial charge in [0.1, 0.15) is 0 Å². The summed E-state index contributed by atoms with van der Waals surface area (Å²) in [5.41, 5.74) is -0.703. The Labute approximate surface area is 81.4 Å². The quantitative estimate of drug-likeness (QED) is 0.567. The first kappa shape index (κ1) is 12.9. The van der Waals surface area contributed by atoms with Gasteiger partial charge < -0.3 is 10.1 Å². The second-order valence-electron chi connectivity index (χ2n) is 2.53. The number of halogens is 3. The van der Waals surface area contributed by atoms with Gasteiger partial charge in [-0.25, -0.2) is 0 Å². The molecule has 0 aromatic carbocycles. The highest BCUT2D eigenvalue weighted by Crippen LogP contribution is 2.27. The van der Waals surface area contributed by atoms with Gasteiger partial charge in [-0.2, -0.15) is 13.2 Å². The summed E-state index contributed by atoms with van der Waals surface area (Å²) in [5.74, 6) is 0.0852. The number of methoxy groups -OCH3 is 1. The molecular formula is C9H14F3NO. The number of rotatable bonds is 4. The van der Waals surface area contributed by atoms with E-state index in [0.717, 1.165) is 12.2 Å². The van der Waals surface area contributed by atoms with E-state index in [-0.39, 0.29) is 5.88 Å². The van der Waals surface area contributed by atoms with Crippen LogP contribution in [0, 0.1) is 0 Å². The third-order valence-corrected chi connectivity index (χ3v) is 1.50. The standard InChI is InChI=1S/C9H14F3NO/c1-4-5-7(9(10,11)12)6-8(13-2)14-3/h5-6,13H,4H2,1-3H3/b7-5+,8-6+. The molecule has 0 aromatic rings. The molecule has 0 spiro atoms. The van der Waals surface area contributed by atoms with Crippen molar-refractivity contribution in [1.29, 1.82) is 0 Å². The maximum Gasteiger partial charge on any atom is 0.416 e. The van der Waals surface area contributed by atoms with Crippen LogP contribution >= 0.6 is 0 Å². The van der Waals surface area contributed by atoms with Crippen LogP contribution < -0.4 is 5.32 Å². The molecule has 14 heavy (non-hydrogen) atoms. The highest BCUT2D eigenvalue weighted by atomic mass is 19.4. The Morgan fingerprint density at radius 2 is 2.00 bits per heavy atom. The second kappa shape index (κ2) is 5.57. The average molecular weight is 209 g/mol. The van der Waals surface area contributed by atoms with E-state index in [9.17, 15) is 13.2 Å². The second-order valence-corrected chi connectivity index (χ2v) is 2.53. The van der Waals surface area contributed by atoms with Gasteiger partial charge in [-0.05, 0) is 6.42 Å². The monoisotopic (exact) mass is 209 g/mol. The Kier molecular flexibility index (Phi) is 5.12. The van der Waals surface area contributed by atoms with Crippen molar-refractivity contribution in [3.8, 4) is 0 Å². The van der Waals surface area contributed by atoms with Gasteiger partial charge in [0.05, 0.1) is 12.7 Å². The van der Waals surface area contributed by atoms with Crippen molar-refractivity contribution in [2.45, 2.75) is 19.5 Å². The fraction of sp³-hybridized carbons (Fsp3) is 0.556. The zero-order valence-corrected chi connectivity index (χ0v) is 8.40. The normalized spacial score (nSPS) is 14.1. The lowest BCUT2D eigenvalue weighted by molar-refractivity contribution is -0.0887. The highest BCUT2D eigenvalue weighted by molar-refractivity contribution is 5.25. The molecule has 0 rings (SSSR count). The van der Waals surface area contributed by atoms with Crippen molar-refractivity contribution in [3.05, 3.63) is 23.6 Å².